The maximum atomic E-state index is 12.2. The van der Waals surface area contributed by atoms with E-state index in [0.717, 1.165) is 6.08 Å². The molecular weight excluding hydrogens is 266 g/mol. The first-order valence-electron chi connectivity index (χ1n) is 7.22. The molecule has 0 heterocycles. The quantitative estimate of drug-likeness (QED) is 0.790. The molecule has 0 atom stereocenters. The molecule has 1 saturated carbocycles. The molecule has 2 N–H and O–H groups in total. The number of hydrogen-bond acceptors (Lipinski definition) is 2. The van der Waals surface area contributed by atoms with Crippen LogP contribution < -0.4 is 5.32 Å². The van der Waals surface area contributed by atoms with Crippen molar-refractivity contribution in [2.24, 2.45) is 11.3 Å². The zero-order valence-corrected chi connectivity index (χ0v) is 12.4. The normalized spacial score (nSPS) is 16.1. The Balaban J connectivity index is 1.99. The van der Waals surface area contributed by atoms with Crippen molar-refractivity contribution in [2.45, 2.75) is 26.7 Å². The van der Waals surface area contributed by atoms with Gasteiger partial charge in [0, 0.05) is 18.2 Å². The van der Waals surface area contributed by atoms with E-state index in [-0.39, 0.29) is 11.3 Å². The molecule has 1 aliphatic carbocycles. The molecule has 1 fully saturated rings. The fraction of sp³-hybridized carbons (Fsp3) is 0.412. The molecule has 1 aliphatic rings. The maximum Gasteiger partial charge on any atom is 0.328 e. The maximum absolute atomic E-state index is 12.2. The highest BCUT2D eigenvalue weighted by atomic mass is 16.4. The average molecular weight is 287 g/mol. The molecule has 1 aromatic carbocycles. The van der Waals surface area contributed by atoms with Crippen LogP contribution in [0, 0.1) is 11.3 Å². The lowest BCUT2D eigenvalue weighted by atomic mass is 9.92. The summed E-state index contributed by atoms with van der Waals surface area (Å²) in [4.78, 5) is 22.7. The Morgan fingerprint density at radius 1 is 1.38 bits per heavy atom. The first kappa shape index (κ1) is 15.3. The predicted octanol–water partition coefficient (Wildman–Crippen LogP) is 2.95. The van der Waals surface area contributed by atoms with Gasteiger partial charge < -0.3 is 10.4 Å². The van der Waals surface area contributed by atoms with Crippen LogP contribution in [0.4, 0.5) is 0 Å². The van der Waals surface area contributed by atoms with Gasteiger partial charge in [0.2, 0.25) is 0 Å². The molecule has 21 heavy (non-hydrogen) atoms. The van der Waals surface area contributed by atoms with Crippen LogP contribution in [0.15, 0.2) is 30.3 Å². The molecule has 0 bridgehead atoms. The van der Waals surface area contributed by atoms with E-state index >= 15 is 0 Å². The van der Waals surface area contributed by atoms with Gasteiger partial charge in [-0.25, -0.2) is 4.79 Å². The van der Waals surface area contributed by atoms with Crippen LogP contribution in [0.3, 0.4) is 0 Å². The van der Waals surface area contributed by atoms with E-state index in [1.807, 2.05) is 0 Å². The van der Waals surface area contributed by atoms with Gasteiger partial charge in [-0.05, 0) is 47.9 Å². The second-order valence-corrected chi connectivity index (χ2v) is 6.00. The molecule has 0 aromatic heterocycles. The van der Waals surface area contributed by atoms with Crippen LogP contribution in [-0.2, 0) is 4.79 Å². The fourth-order valence-electron chi connectivity index (χ4n) is 2.43. The molecule has 0 spiro atoms. The number of carboxylic acid groups (broad SMARTS) is 1. The summed E-state index contributed by atoms with van der Waals surface area (Å²) in [5.74, 6) is -0.535. The molecular formula is C17H21NO3. The lowest BCUT2D eigenvalue weighted by Crippen LogP contribution is -2.32. The molecule has 112 valence electrons. The lowest BCUT2D eigenvalue weighted by Gasteiger charge is -2.20. The summed E-state index contributed by atoms with van der Waals surface area (Å²) in [5, 5.41) is 11.6. The molecule has 4 heteroatoms. The first-order chi connectivity index (χ1) is 9.93. The summed E-state index contributed by atoms with van der Waals surface area (Å²) < 4.78 is 0. The van der Waals surface area contributed by atoms with Gasteiger partial charge in [0.15, 0.2) is 0 Å². The average Bonchev–Trinajstić information content (AvgIpc) is 3.24. The summed E-state index contributed by atoms with van der Waals surface area (Å²) in [6.07, 6.45) is 4.89. The molecule has 1 amide bonds. The molecule has 0 aliphatic heterocycles. The number of carbonyl (C=O) groups is 2. The van der Waals surface area contributed by atoms with E-state index in [4.69, 9.17) is 5.11 Å². The number of nitrogens with one attached hydrogen (secondary N) is 1. The van der Waals surface area contributed by atoms with Crippen molar-refractivity contribution in [1.29, 1.82) is 0 Å². The number of carbonyl (C=O) groups excluding carboxylic acids is 1. The van der Waals surface area contributed by atoms with Crippen molar-refractivity contribution >= 4 is 18.0 Å². The molecule has 4 nitrogen and oxygen atoms in total. The second-order valence-electron chi connectivity index (χ2n) is 6.00. The van der Waals surface area contributed by atoms with Crippen LogP contribution in [0.5, 0.6) is 0 Å². The second kappa shape index (κ2) is 6.12. The van der Waals surface area contributed by atoms with E-state index in [1.54, 1.807) is 24.3 Å². The zero-order valence-electron chi connectivity index (χ0n) is 12.4. The van der Waals surface area contributed by atoms with Crippen LogP contribution in [0.2, 0.25) is 0 Å². The number of amides is 1. The molecule has 0 unspecified atom stereocenters. The Bertz CT molecular complexity index is 571. The fourth-order valence-corrected chi connectivity index (χ4v) is 2.43. The SMILES string of the molecule is CC(C)C1(CNC(=O)c2cccc(/C=C/C(=O)O)c2)CC1. The van der Waals surface area contributed by atoms with Gasteiger partial charge in [-0.3, -0.25) is 4.79 Å². The Morgan fingerprint density at radius 3 is 2.67 bits per heavy atom. The standard InChI is InChI=1S/C17H21NO3/c1-12(2)17(8-9-17)11-18-16(21)14-5-3-4-13(10-14)6-7-15(19)20/h3-7,10,12H,8-9,11H2,1-2H3,(H,18,21)(H,19,20)/b7-6+. The van der Waals surface area contributed by atoms with Gasteiger partial charge in [-0.15, -0.1) is 0 Å². The Morgan fingerprint density at radius 2 is 2.10 bits per heavy atom. The first-order valence-corrected chi connectivity index (χ1v) is 7.22. The summed E-state index contributed by atoms with van der Waals surface area (Å²) in [7, 11) is 0. The van der Waals surface area contributed by atoms with E-state index in [9.17, 15) is 9.59 Å². The number of carboxylic acids is 1. The minimum Gasteiger partial charge on any atom is -0.478 e. The van der Waals surface area contributed by atoms with Crippen LogP contribution in [-0.4, -0.2) is 23.5 Å². The molecule has 0 saturated heterocycles. The number of hydrogen-bond donors (Lipinski definition) is 2. The highest BCUT2D eigenvalue weighted by Crippen LogP contribution is 2.51. The smallest absolute Gasteiger partial charge is 0.328 e. The Kier molecular flexibility index (Phi) is 4.46. The van der Waals surface area contributed by atoms with E-state index < -0.39 is 5.97 Å². The van der Waals surface area contributed by atoms with Crippen molar-refractivity contribution in [3.05, 3.63) is 41.5 Å². The summed E-state index contributed by atoms with van der Waals surface area (Å²) in [6, 6.07) is 6.96. The highest BCUT2D eigenvalue weighted by molar-refractivity contribution is 5.95. The van der Waals surface area contributed by atoms with Gasteiger partial charge in [0.1, 0.15) is 0 Å². The van der Waals surface area contributed by atoms with E-state index in [0.29, 0.717) is 23.6 Å². The third-order valence-electron chi connectivity index (χ3n) is 4.29. The minimum absolute atomic E-state index is 0.104. The molecule has 0 radical (unpaired) electrons. The van der Waals surface area contributed by atoms with Gasteiger partial charge in [-0.2, -0.15) is 0 Å². The topological polar surface area (TPSA) is 66.4 Å². The number of aliphatic carboxylic acids is 1. The third-order valence-corrected chi connectivity index (χ3v) is 4.29. The number of rotatable bonds is 6. The van der Waals surface area contributed by atoms with Crippen LogP contribution in [0.1, 0.15) is 42.6 Å². The van der Waals surface area contributed by atoms with Crippen molar-refractivity contribution in [1.82, 2.24) is 5.32 Å². The number of benzene rings is 1. The Labute approximate surface area is 124 Å². The largest absolute Gasteiger partial charge is 0.478 e. The van der Waals surface area contributed by atoms with Gasteiger partial charge in [0.05, 0.1) is 0 Å². The summed E-state index contributed by atoms with van der Waals surface area (Å²) in [5.41, 5.74) is 1.54. The van der Waals surface area contributed by atoms with Crippen molar-refractivity contribution < 1.29 is 14.7 Å². The van der Waals surface area contributed by atoms with E-state index in [2.05, 4.69) is 19.2 Å². The van der Waals surface area contributed by atoms with Crippen molar-refractivity contribution in [3.63, 3.8) is 0 Å². The molecule has 1 aromatic rings. The third kappa shape index (κ3) is 3.94. The van der Waals surface area contributed by atoms with Gasteiger partial charge in [-0.1, -0.05) is 26.0 Å². The van der Waals surface area contributed by atoms with Gasteiger partial charge in [0.25, 0.3) is 5.91 Å². The highest BCUT2D eigenvalue weighted by Gasteiger charge is 2.45. The minimum atomic E-state index is -1.00. The summed E-state index contributed by atoms with van der Waals surface area (Å²) >= 11 is 0. The monoisotopic (exact) mass is 287 g/mol. The van der Waals surface area contributed by atoms with Gasteiger partial charge >= 0.3 is 5.97 Å². The zero-order chi connectivity index (χ0) is 15.5. The lowest BCUT2D eigenvalue weighted by molar-refractivity contribution is -0.131. The summed E-state index contributed by atoms with van der Waals surface area (Å²) in [6.45, 7) is 5.09. The van der Waals surface area contributed by atoms with E-state index in [1.165, 1.54) is 18.9 Å². The van der Waals surface area contributed by atoms with Crippen LogP contribution in [0.25, 0.3) is 6.08 Å². The Hall–Kier alpha value is -2.10. The van der Waals surface area contributed by atoms with Crippen LogP contribution >= 0.6 is 0 Å². The predicted molar refractivity (Wildman–Crippen MR) is 82.0 cm³/mol. The van der Waals surface area contributed by atoms with Crippen molar-refractivity contribution in [3.8, 4) is 0 Å². The van der Waals surface area contributed by atoms with Crippen molar-refractivity contribution in [2.75, 3.05) is 6.54 Å². The molecule has 2 rings (SSSR count).